The first kappa shape index (κ1) is 18.3. The maximum atomic E-state index is 13.1. The fourth-order valence-electron chi connectivity index (χ4n) is 3.14. The highest BCUT2D eigenvalue weighted by molar-refractivity contribution is 8.00. The zero-order valence-corrected chi connectivity index (χ0v) is 16.1. The van der Waals surface area contributed by atoms with Crippen molar-refractivity contribution in [3.63, 3.8) is 0 Å². The summed E-state index contributed by atoms with van der Waals surface area (Å²) < 4.78 is 0. The zero-order valence-electron chi connectivity index (χ0n) is 14.6. The van der Waals surface area contributed by atoms with E-state index >= 15 is 0 Å². The van der Waals surface area contributed by atoms with Crippen LogP contribution in [0.3, 0.4) is 0 Å². The van der Waals surface area contributed by atoms with Gasteiger partial charge in [0.1, 0.15) is 0 Å². The summed E-state index contributed by atoms with van der Waals surface area (Å²) in [4.78, 5) is 18.5. The molecule has 0 radical (unpaired) electrons. The van der Waals surface area contributed by atoms with Crippen LogP contribution in [0.2, 0.25) is 5.02 Å². The van der Waals surface area contributed by atoms with E-state index in [1.54, 1.807) is 11.8 Å². The molecule has 1 aliphatic rings. The molecule has 2 atom stereocenters. The van der Waals surface area contributed by atoms with Gasteiger partial charge in [0.05, 0.1) is 11.3 Å². The van der Waals surface area contributed by atoms with E-state index in [9.17, 15) is 4.79 Å². The van der Waals surface area contributed by atoms with Crippen molar-refractivity contribution in [2.75, 3.05) is 26.7 Å². The van der Waals surface area contributed by atoms with Crippen molar-refractivity contribution in [1.82, 2.24) is 9.80 Å². The van der Waals surface area contributed by atoms with Crippen molar-refractivity contribution in [3.8, 4) is 0 Å². The Labute approximate surface area is 159 Å². The lowest BCUT2D eigenvalue weighted by Crippen LogP contribution is -2.51. The largest absolute Gasteiger partial charge is 0.332 e. The minimum absolute atomic E-state index is 0.112. The lowest BCUT2D eigenvalue weighted by Gasteiger charge is -2.41. The predicted molar refractivity (Wildman–Crippen MR) is 105 cm³/mol. The van der Waals surface area contributed by atoms with Crippen LogP contribution in [0.25, 0.3) is 0 Å². The molecule has 0 aliphatic carbocycles. The Morgan fingerprint density at radius 2 is 1.80 bits per heavy atom. The van der Waals surface area contributed by atoms with Gasteiger partial charge >= 0.3 is 0 Å². The van der Waals surface area contributed by atoms with Crippen molar-refractivity contribution in [2.45, 2.75) is 23.1 Å². The number of likely N-dealkylation sites (N-methyl/N-ethyl adjacent to an activating group) is 1. The van der Waals surface area contributed by atoms with E-state index in [4.69, 9.17) is 11.6 Å². The van der Waals surface area contributed by atoms with Gasteiger partial charge < -0.3 is 9.80 Å². The van der Waals surface area contributed by atoms with Gasteiger partial charge in [-0.15, -0.1) is 11.8 Å². The highest BCUT2D eigenvalue weighted by Crippen LogP contribution is 2.30. The molecule has 0 saturated carbocycles. The van der Waals surface area contributed by atoms with Crippen LogP contribution in [0.4, 0.5) is 0 Å². The Morgan fingerprint density at radius 3 is 2.48 bits per heavy atom. The minimum Gasteiger partial charge on any atom is -0.332 e. The molecule has 1 saturated heterocycles. The predicted octanol–water partition coefficient (Wildman–Crippen LogP) is 4.34. The SMILES string of the molecule is CC(Sc1ccc(Cl)cc1)C(=O)N1CCN(C)CC1c1ccccc1. The number of benzene rings is 2. The lowest BCUT2D eigenvalue weighted by molar-refractivity contribution is -0.135. The molecule has 1 heterocycles. The Balaban J connectivity index is 1.75. The van der Waals surface area contributed by atoms with Gasteiger partial charge in [0.25, 0.3) is 0 Å². The molecule has 2 aromatic carbocycles. The lowest BCUT2D eigenvalue weighted by atomic mass is 10.0. The molecule has 1 fully saturated rings. The first-order valence-corrected chi connectivity index (χ1v) is 9.76. The highest BCUT2D eigenvalue weighted by Gasteiger charge is 2.32. The normalized spacial score (nSPS) is 19.6. The fraction of sp³-hybridized carbons (Fsp3) is 0.350. The number of rotatable bonds is 4. The monoisotopic (exact) mass is 374 g/mol. The average molecular weight is 375 g/mol. The maximum Gasteiger partial charge on any atom is 0.236 e. The van der Waals surface area contributed by atoms with Gasteiger partial charge in [-0.1, -0.05) is 41.9 Å². The Kier molecular flexibility index (Phi) is 6.05. The summed E-state index contributed by atoms with van der Waals surface area (Å²) in [6.45, 7) is 4.53. The molecule has 132 valence electrons. The van der Waals surface area contributed by atoms with Crippen LogP contribution in [0, 0.1) is 0 Å². The second-order valence-corrected chi connectivity index (χ2v) is 8.29. The van der Waals surface area contributed by atoms with Crippen LogP contribution < -0.4 is 0 Å². The van der Waals surface area contributed by atoms with E-state index in [2.05, 4.69) is 24.1 Å². The van der Waals surface area contributed by atoms with Crippen LogP contribution in [0.5, 0.6) is 0 Å². The van der Waals surface area contributed by atoms with Crippen LogP contribution in [-0.4, -0.2) is 47.6 Å². The third kappa shape index (κ3) is 4.57. The Morgan fingerprint density at radius 1 is 1.12 bits per heavy atom. The Hall–Kier alpha value is -1.49. The molecule has 25 heavy (non-hydrogen) atoms. The van der Waals surface area contributed by atoms with Gasteiger partial charge in [0, 0.05) is 29.6 Å². The van der Waals surface area contributed by atoms with E-state index in [1.165, 1.54) is 5.56 Å². The van der Waals surface area contributed by atoms with Crippen molar-refractivity contribution < 1.29 is 4.79 Å². The molecule has 0 spiro atoms. The first-order chi connectivity index (χ1) is 12.0. The number of piperazine rings is 1. The number of thioether (sulfide) groups is 1. The molecule has 5 heteroatoms. The van der Waals surface area contributed by atoms with Crippen LogP contribution in [-0.2, 0) is 4.79 Å². The number of hydrogen-bond donors (Lipinski definition) is 0. The van der Waals surface area contributed by atoms with Gasteiger partial charge in [0.2, 0.25) is 5.91 Å². The molecule has 3 nitrogen and oxygen atoms in total. The third-order valence-electron chi connectivity index (χ3n) is 4.53. The molecule has 3 rings (SSSR count). The van der Waals surface area contributed by atoms with Crippen LogP contribution in [0.1, 0.15) is 18.5 Å². The third-order valence-corrected chi connectivity index (χ3v) is 5.88. The molecule has 0 N–H and O–H groups in total. The van der Waals surface area contributed by atoms with Crippen LogP contribution >= 0.6 is 23.4 Å². The van der Waals surface area contributed by atoms with E-state index in [-0.39, 0.29) is 17.2 Å². The van der Waals surface area contributed by atoms with Gasteiger partial charge in [-0.05, 0) is 43.8 Å². The number of hydrogen-bond acceptors (Lipinski definition) is 3. The Bertz CT molecular complexity index is 707. The highest BCUT2D eigenvalue weighted by atomic mass is 35.5. The first-order valence-electron chi connectivity index (χ1n) is 8.51. The number of halogens is 1. The molecular formula is C20H23ClN2OS. The average Bonchev–Trinajstić information content (AvgIpc) is 2.63. The number of carbonyl (C=O) groups excluding carboxylic acids is 1. The van der Waals surface area contributed by atoms with E-state index < -0.39 is 0 Å². The number of amides is 1. The minimum atomic E-state index is -0.129. The van der Waals surface area contributed by atoms with E-state index in [0.29, 0.717) is 5.02 Å². The number of nitrogens with zero attached hydrogens (tertiary/aromatic N) is 2. The summed E-state index contributed by atoms with van der Waals surface area (Å²) in [5.74, 6) is 0.196. The summed E-state index contributed by atoms with van der Waals surface area (Å²) >= 11 is 7.53. The molecule has 2 aromatic rings. The van der Waals surface area contributed by atoms with Crippen molar-refractivity contribution >= 4 is 29.3 Å². The topological polar surface area (TPSA) is 23.6 Å². The summed E-state index contributed by atoms with van der Waals surface area (Å²) in [6.07, 6.45) is 0. The second kappa shape index (κ2) is 8.26. The maximum absolute atomic E-state index is 13.1. The van der Waals surface area contributed by atoms with Gasteiger partial charge in [-0.2, -0.15) is 0 Å². The smallest absolute Gasteiger partial charge is 0.236 e. The molecule has 0 aromatic heterocycles. The molecule has 1 amide bonds. The zero-order chi connectivity index (χ0) is 17.8. The van der Waals surface area contributed by atoms with Crippen molar-refractivity contribution in [3.05, 3.63) is 65.2 Å². The van der Waals surface area contributed by atoms with Gasteiger partial charge in [0.15, 0.2) is 0 Å². The molecule has 2 unspecified atom stereocenters. The van der Waals surface area contributed by atoms with Gasteiger partial charge in [-0.3, -0.25) is 4.79 Å². The van der Waals surface area contributed by atoms with E-state index in [1.807, 2.05) is 54.3 Å². The second-order valence-electron chi connectivity index (χ2n) is 6.43. The van der Waals surface area contributed by atoms with Gasteiger partial charge in [-0.25, -0.2) is 0 Å². The molecule has 1 aliphatic heterocycles. The van der Waals surface area contributed by atoms with Crippen molar-refractivity contribution in [2.24, 2.45) is 0 Å². The van der Waals surface area contributed by atoms with E-state index in [0.717, 1.165) is 24.5 Å². The molecular weight excluding hydrogens is 352 g/mol. The summed E-state index contributed by atoms with van der Waals surface area (Å²) in [5.41, 5.74) is 1.20. The summed E-state index contributed by atoms with van der Waals surface area (Å²) in [7, 11) is 2.11. The quantitative estimate of drug-likeness (QED) is 0.744. The fourth-order valence-corrected chi connectivity index (χ4v) is 4.21. The summed E-state index contributed by atoms with van der Waals surface area (Å²) in [5, 5.41) is 0.585. The summed E-state index contributed by atoms with van der Waals surface area (Å²) in [6, 6.07) is 18.1. The number of carbonyl (C=O) groups is 1. The standard InChI is InChI=1S/C20H23ClN2OS/c1-15(25-18-10-8-17(21)9-11-18)20(24)23-13-12-22(2)14-19(23)16-6-4-3-5-7-16/h3-11,15,19H,12-14H2,1-2H3. The van der Waals surface area contributed by atoms with Crippen LogP contribution in [0.15, 0.2) is 59.5 Å². The van der Waals surface area contributed by atoms with Crippen molar-refractivity contribution in [1.29, 1.82) is 0 Å². The molecule has 0 bridgehead atoms.